The first kappa shape index (κ1) is 13.2. The Hall–Kier alpha value is -0.870. The van der Waals surface area contributed by atoms with Gasteiger partial charge < -0.3 is 11.1 Å². The van der Waals surface area contributed by atoms with Gasteiger partial charge in [-0.15, -0.1) is 0 Å². The van der Waals surface area contributed by atoms with Crippen molar-refractivity contribution in [3.63, 3.8) is 0 Å². The quantitative estimate of drug-likeness (QED) is 0.829. The second kappa shape index (κ2) is 5.46. The van der Waals surface area contributed by atoms with Crippen LogP contribution in [0.5, 0.6) is 0 Å². The third-order valence-corrected chi connectivity index (χ3v) is 3.87. The molecule has 1 heterocycles. The summed E-state index contributed by atoms with van der Waals surface area (Å²) in [6.45, 7) is 6.27. The molecule has 1 aromatic rings. The lowest BCUT2D eigenvalue weighted by molar-refractivity contribution is -0.130. The molecule has 4 heteroatoms. The summed E-state index contributed by atoms with van der Waals surface area (Å²) < 4.78 is 0. The van der Waals surface area contributed by atoms with Gasteiger partial charge in [0, 0.05) is 6.54 Å². The summed E-state index contributed by atoms with van der Waals surface area (Å²) in [5.41, 5.74) is 6.35. The number of carbonyl (C=O) groups excluding carboxylic acids is 1. The molecule has 0 bridgehead atoms. The fourth-order valence-corrected chi connectivity index (χ4v) is 2.13. The van der Waals surface area contributed by atoms with E-state index in [1.807, 2.05) is 32.2 Å². The van der Waals surface area contributed by atoms with Gasteiger partial charge in [-0.05, 0) is 42.7 Å². The van der Waals surface area contributed by atoms with Gasteiger partial charge in [-0.3, -0.25) is 4.79 Å². The standard InChI is InChI=1S/C12H20N2OS/c1-4-12(3,8-13)11(15)14-9(2)10-5-6-16-7-10/h5-7,9H,4,8,13H2,1-3H3,(H,14,15). The van der Waals surface area contributed by atoms with E-state index >= 15 is 0 Å². The predicted octanol–water partition coefficient (Wildman–Crippen LogP) is 2.30. The van der Waals surface area contributed by atoms with Crippen LogP contribution in [0.1, 0.15) is 38.8 Å². The summed E-state index contributed by atoms with van der Waals surface area (Å²) in [6, 6.07) is 2.08. The van der Waals surface area contributed by atoms with Crippen LogP contribution in [0.25, 0.3) is 0 Å². The molecular weight excluding hydrogens is 220 g/mol. The minimum Gasteiger partial charge on any atom is -0.349 e. The normalized spacial score (nSPS) is 16.5. The van der Waals surface area contributed by atoms with Crippen molar-refractivity contribution in [1.82, 2.24) is 5.32 Å². The van der Waals surface area contributed by atoms with Crippen LogP contribution < -0.4 is 11.1 Å². The summed E-state index contributed by atoms with van der Waals surface area (Å²) in [6.07, 6.45) is 0.756. The third-order valence-electron chi connectivity index (χ3n) is 3.17. The highest BCUT2D eigenvalue weighted by Crippen LogP contribution is 2.22. The number of thiophene rings is 1. The molecule has 1 amide bonds. The molecule has 0 spiro atoms. The first-order chi connectivity index (χ1) is 7.53. The fourth-order valence-electron chi connectivity index (χ4n) is 1.37. The smallest absolute Gasteiger partial charge is 0.227 e. The lowest BCUT2D eigenvalue weighted by Gasteiger charge is -2.27. The van der Waals surface area contributed by atoms with Crippen molar-refractivity contribution in [1.29, 1.82) is 0 Å². The van der Waals surface area contributed by atoms with Crippen molar-refractivity contribution in [2.45, 2.75) is 33.2 Å². The lowest BCUT2D eigenvalue weighted by Crippen LogP contribution is -2.44. The Kier molecular flexibility index (Phi) is 4.50. The first-order valence-electron chi connectivity index (χ1n) is 5.56. The molecule has 0 saturated carbocycles. The van der Waals surface area contributed by atoms with Gasteiger partial charge in [0.15, 0.2) is 0 Å². The van der Waals surface area contributed by atoms with Crippen LogP contribution in [0, 0.1) is 5.41 Å². The second-order valence-electron chi connectivity index (χ2n) is 4.37. The van der Waals surface area contributed by atoms with Gasteiger partial charge in [0.2, 0.25) is 5.91 Å². The van der Waals surface area contributed by atoms with E-state index in [9.17, 15) is 4.79 Å². The Morgan fingerprint density at radius 1 is 1.69 bits per heavy atom. The highest BCUT2D eigenvalue weighted by molar-refractivity contribution is 7.07. The van der Waals surface area contributed by atoms with Gasteiger partial charge in [0.1, 0.15) is 0 Å². The summed E-state index contributed by atoms with van der Waals surface area (Å²) in [7, 11) is 0. The largest absolute Gasteiger partial charge is 0.349 e. The van der Waals surface area contributed by atoms with Gasteiger partial charge in [-0.1, -0.05) is 6.92 Å². The van der Waals surface area contributed by atoms with Crippen LogP contribution in [0.2, 0.25) is 0 Å². The third kappa shape index (κ3) is 2.83. The number of hydrogen-bond acceptors (Lipinski definition) is 3. The molecule has 0 aliphatic carbocycles. The Balaban J connectivity index is 2.64. The average Bonchev–Trinajstić information content (AvgIpc) is 2.81. The topological polar surface area (TPSA) is 55.1 Å². The molecule has 2 unspecified atom stereocenters. The zero-order valence-electron chi connectivity index (χ0n) is 10.1. The summed E-state index contributed by atoms with van der Waals surface area (Å²) in [5, 5.41) is 7.08. The number of rotatable bonds is 5. The Bertz CT molecular complexity index is 331. The van der Waals surface area contributed by atoms with Gasteiger partial charge in [0.05, 0.1) is 11.5 Å². The van der Waals surface area contributed by atoms with E-state index in [4.69, 9.17) is 5.73 Å². The molecule has 3 nitrogen and oxygen atoms in total. The minimum absolute atomic E-state index is 0.0381. The molecule has 1 rings (SSSR count). The number of nitrogens with one attached hydrogen (secondary N) is 1. The van der Waals surface area contributed by atoms with Crippen LogP contribution in [-0.2, 0) is 4.79 Å². The fraction of sp³-hybridized carbons (Fsp3) is 0.583. The molecular formula is C12H20N2OS. The predicted molar refractivity (Wildman–Crippen MR) is 68.3 cm³/mol. The van der Waals surface area contributed by atoms with Crippen LogP contribution in [0.3, 0.4) is 0 Å². The molecule has 3 N–H and O–H groups in total. The van der Waals surface area contributed by atoms with Gasteiger partial charge >= 0.3 is 0 Å². The highest BCUT2D eigenvalue weighted by atomic mass is 32.1. The molecule has 0 aromatic carbocycles. The zero-order valence-corrected chi connectivity index (χ0v) is 10.9. The van der Waals surface area contributed by atoms with Gasteiger partial charge in [0.25, 0.3) is 0 Å². The molecule has 16 heavy (non-hydrogen) atoms. The summed E-state index contributed by atoms with van der Waals surface area (Å²) in [5.74, 6) is 0.0381. The van der Waals surface area contributed by atoms with Crippen molar-refractivity contribution >= 4 is 17.2 Å². The maximum absolute atomic E-state index is 12.0. The monoisotopic (exact) mass is 240 g/mol. The molecule has 0 aliphatic rings. The molecule has 0 fully saturated rings. The van der Waals surface area contributed by atoms with Crippen LogP contribution in [0.4, 0.5) is 0 Å². The van der Waals surface area contributed by atoms with E-state index in [1.54, 1.807) is 11.3 Å². The van der Waals surface area contributed by atoms with Crippen LogP contribution in [-0.4, -0.2) is 12.5 Å². The van der Waals surface area contributed by atoms with E-state index < -0.39 is 5.41 Å². The van der Waals surface area contributed by atoms with E-state index in [-0.39, 0.29) is 11.9 Å². The lowest BCUT2D eigenvalue weighted by atomic mass is 9.86. The molecule has 0 aliphatic heterocycles. The number of nitrogens with two attached hydrogens (primary N) is 1. The van der Waals surface area contributed by atoms with Crippen LogP contribution >= 0.6 is 11.3 Å². The van der Waals surface area contributed by atoms with Crippen molar-refractivity contribution in [3.8, 4) is 0 Å². The molecule has 1 aromatic heterocycles. The maximum atomic E-state index is 12.0. The number of carbonyl (C=O) groups is 1. The molecule has 2 atom stereocenters. The average molecular weight is 240 g/mol. The van der Waals surface area contributed by atoms with E-state index in [1.165, 1.54) is 0 Å². The number of hydrogen-bond donors (Lipinski definition) is 2. The maximum Gasteiger partial charge on any atom is 0.227 e. The van der Waals surface area contributed by atoms with Gasteiger partial charge in [-0.25, -0.2) is 0 Å². The Labute approximate surface area is 101 Å². The van der Waals surface area contributed by atoms with Crippen LogP contribution in [0.15, 0.2) is 16.8 Å². The zero-order chi connectivity index (χ0) is 12.2. The van der Waals surface area contributed by atoms with Crippen molar-refractivity contribution < 1.29 is 4.79 Å². The second-order valence-corrected chi connectivity index (χ2v) is 5.15. The Morgan fingerprint density at radius 3 is 2.81 bits per heavy atom. The van der Waals surface area contributed by atoms with E-state index in [2.05, 4.69) is 10.7 Å². The van der Waals surface area contributed by atoms with E-state index in [0.29, 0.717) is 6.54 Å². The molecule has 0 radical (unpaired) electrons. The molecule has 0 saturated heterocycles. The summed E-state index contributed by atoms with van der Waals surface area (Å²) in [4.78, 5) is 12.0. The van der Waals surface area contributed by atoms with Crippen molar-refractivity contribution in [2.75, 3.05) is 6.54 Å². The SMILES string of the molecule is CCC(C)(CN)C(=O)NC(C)c1ccsc1. The van der Waals surface area contributed by atoms with E-state index in [0.717, 1.165) is 12.0 Å². The highest BCUT2D eigenvalue weighted by Gasteiger charge is 2.30. The minimum atomic E-state index is -0.454. The first-order valence-corrected chi connectivity index (χ1v) is 6.51. The molecule has 90 valence electrons. The Morgan fingerprint density at radius 2 is 2.38 bits per heavy atom. The summed E-state index contributed by atoms with van der Waals surface area (Å²) >= 11 is 1.64. The van der Waals surface area contributed by atoms with Crippen molar-refractivity contribution in [3.05, 3.63) is 22.4 Å². The van der Waals surface area contributed by atoms with Gasteiger partial charge in [-0.2, -0.15) is 11.3 Å². The van der Waals surface area contributed by atoms with Crippen molar-refractivity contribution in [2.24, 2.45) is 11.1 Å². The number of amides is 1.